The van der Waals surface area contributed by atoms with E-state index in [2.05, 4.69) is 22.9 Å². The van der Waals surface area contributed by atoms with Gasteiger partial charge in [0.1, 0.15) is 12.1 Å². The Balaban J connectivity index is 0.00000225. The van der Waals surface area contributed by atoms with Crippen molar-refractivity contribution in [3.05, 3.63) is 0 Å². The van der Waals surface area contributed by atoms with Crippen LogP contribution in [0.15, 0.2) is 0 Å². The van der Waals surface area contributed by atoms with Gasteiger partial charge in [-0.3, -0.25) is 14.5 Å². The third-order valence-electron chi connectivity index (χ3n) is 5.93. The normalized spacial score (nSPS) is 35.3. The topological polar surface area (TPSA) is 90.5 Å². The number of carbonyl (C=O) groups excluding carboxylic acids is 3. The molecule has 3 fully saturated rings. The first kappa shape index (κ1) is 20.0. The molecule has 2 aliphatic heterocycles. The van der Waals surface area contributed by atoms with Crippen LogP contribution >= 0.6 is 12.4 Å². The molecule has 4 atom stereocenters. The van der Waals surface area contributed by atoms with Crippen LogP contribution < -0.4 is 16.0 Å². The molecule has 4 amide bonds. The molecule has 2 saturated heterocycles. The molecule has 7 nitrogen and oxygen atoms in total. The average molecular weight is 373 g/mol. The molecule has 3 aliphatic rings. The lowest BCUT2D eigenvalue weighted by atomic mass is 9.73. The smallest absolute Gasteiger partial charge is 0.325 e. The Hall–Kier alpha value is -1.34. The Morgan fingerprint density at radius 2 is 2.04 bits per heavy atom. The number of rotatable bonds is 3. The van der Waals surface area contributed by atoms with E-state index in [1.165, 1.54) is 0 Å². The van der Waals surface area contributed by atoms with Crippen LogP contribution in [0.1, 0.15) is 46.0 Å². The largest absolute Gasteiger partial charge is 0.351 e. The standard InChI is InChI=1S/C17H28N4O3.ClH/c1-11-9-18-8-6-13(11)19-14(22)10-21-15(23)17(20-16(21)24)7-4-3-5-12(17)2;/h11-13,18H,3-10H2,1-2H3,(H,19,22)(H,20,24);1H. The highest BCUT2D eigenvalue weighted by Crippen LogP contribution is 2.38. The first-order chi connectivity index (χ1) is 11.4. The lowest BCUT2D eigenvalue weighted by Crippen LogP contribution is -2.54. The predicted molar refractivity (Wildman–Crippen MR) is 96.4 cm³/mol. The maximum absolute atomic E-state index is 12.8. The quantitative estimate of drug-likeness (QED) is 0.645. The fourth-order valence-electron chi connectivity index (χ4n) is 4.26. The summed E-state index contributed by atoms with van der Waals surface area (Å²) in [4.78, 5) is 38.6. The van der Waals surface area contributed by atoms with Crippen LogP contribution in [0, 0.1) is 11.8 Å². The summed E-state index contributed by atoms with van der Waals surface area (Å²) in [6.07, 6.45) is 4.48. The lowest BCUT2D eigenvalue weighted by molar-refractivity contribution is -0.137. The molecular formula is C17H29ClN4O3. The van der Waals surface area contributed by atoms with E-state index in [4.69, 9.17) is 0 Å². The molecule has 2 heterocycles. The van der Waals surface area contributed by atoms with Gasteiger partial charge in [0.15, 0.2) is 0 Å². The van der Waals surface area contributed by atoms with Crippen LogP contribution in [0.2, 0.25) is 0 Å². The Labute approximate surface area is 155 Å². The van der Waals surface area contributed by atoms with E-state index >= 15 is 0 Å². The molecular weight excluding hydrogens is 344 g/mol. The van der Waals surface area contributed by atoms with Gasteiger partial charge in [-0.1, -0.05) is 26.7 Å². The molecule has 0 aromatic heterocycles. The summed E-state index contributed by atoms with van der Waals surface area (Å²) >= 11 is 0. The van der Waals surface area contributed by atoms with Gasteiger partial charge in [-0.25, -0.2) is 4.79 Å². The van der Waals surface area contributed by atoms with E-state index in [9.17, 15) is 14.4 Å². The van der Waals surface area contributed by atoms with E-state index < -0.39 is 11.6 Å². The van der Waals surface area contributed by atoms with E-state index in [-0.39, 0.29) is 42.7 Å². The third-order valence-corrected chi connectivity index (χ3v) is 5.93. The van der Waals surface area contributed by atoms with Crippen molar-refractivity contribution >= 4 is 30.3 Å². The summed E-state index contributed by atoms with van der Waals surface area (Å²) in [5.41, 5.74) is -0.794. The molecule has 25 heavy (non-hydrogen) atoms. The second-order valence-electron chi connectivity index (χ2n) is 7.58. The number of hydrogen-bond acceptors (Lipinski definition) is 4. The first-order valence-corrected chi connectivity index (χ1v) is 9.08. The van der Waals surface area contributed by atoms with Crippen molar-refractivity contribution in [1.29, 1.82) is 0 Å². The highest BCUT2D eigenvalue weighted by molar-refractivity contribution is 6.09. The monoisotopic (exact) mass is 372 g/mol. The summed E-state index contributed by atoms with van der Waals surface area (Å²) < 4.78 is 0. The molecule has 3 N–H and O–H groups in total. The second kappa shape index (κ2) is 7.91. The highest BCUT2D eigenvalue weighted by atomic mass is 35.5. The number of carbonyl (C=O) groups is 3. The number of imide groups is 1. The van der Waals surface area contributed by atoms with E-state index in [1.54, 1.807) is 0 Å². The van der Waals surface area contributed by atoms with Gasteiger partial charge in [0.2, 0.25) is 5.91 Å². The molecule has 0 bridgehead atoms. The maximum atomic E-state index is 12.8. The molecule has 3 rings (SSSR count). The average Bonchev–Trinajstić information content (AvgIpc) is 2.78. The molecule has 1 aliphatic carbocycles. The summed E-state index contributed by atoms with van der Waals surface area (Å²) in [5, 5.41) is 9.16. The van der Waals surface area contributed by atoms with Crippen LogP contribution in [0.25, 0.3) is 0 Å². The summed E-state index contributed by atoms with van der Waals surface area (Å²) in [6.45, 7) is 5.66. The number of urea groups is 1. The molecule has 1 spiro atoms. The predicted octanol–water partition coefficient (Wildman–Crippen LogP) is 1.02. The van der Waals surface area contributed by atoms with Gasteiger partial charge in [-0.2, -0.15) is 0 Å². The molecule has 1 saturated carbocycles. The minimum Gasteiger partial charge on any atom is -0.351 e. The zero-order valence-corrected chi connectivity index (χ0v) is 15.8. The van der Waals surface area contributed by atoms with Crippen molar-refractivity contribution in [3.8, 4) is 0 Å². The van der Waals surface area contributed by atoms with Crippen LogP contribution in [-0.2, 0) is 9.59 Å². The molecule has 0 radical (unpaired) electrons. The summed E-state index contributed by atoms with van der Waals surface area (Å²) in [7, 11) is 0. The van der Waals surface area contributed by atoms with Crippen LogP contribution in [0.5, 0.6) is 0 Å². The number of halogens is 1. The minimum atomic E-state index is -0.794. The fraction of sp³-hybridized carbons (Fsp3) is 0.824. The molecule has 0 aromatic rings. The van der Waals surface area contributed by atoms with Gasteiger partial charge in [0.05, 0.1) is 0 Å². The molecule has 4 unspecified atom stereocenters. The minimum absolute atomic E-state index is 0. The maximum Gasteiger partial charge on any atom is 0.325 e. The summed E-state index contributed by atoms with van der Waals surface area (Å²) in [6, 6.07) is -0.329. The lowest BCUT2D eigenvalue weighted by Gasteiger charge is -2.36. The zero-order chi connectivity index (χ0) is 17.3. The number of hydrogen-bond donors (Lipinski definition) is 3. The van der Waals surface area contributed by atoms with Crippen LogP contribution in [0.4, 0.5) is 4.79 Å². The van der Waals surface area contributed by atoms with Gasteiger partial charge in [0.25, 0.3) is 5.91 Å². The van der Waals surface area contributed by atoms with Gasteiger partial charge in [-0.15, -0.1) is 12.4 Å². The first-order valence-electron chi connectivity index (χ1n) is 9.08. The van der Waals surface area contributed by atoms with Crippen molar-refractivity contribution in [3.63, 3.8) is 0 Å². The van der Waals surface area contributed by atoms with Crippen molar-refractivity contribution in [2.75, 3.05) is 19.6 Å². The van der Waals surface area contributed by atoms with Crippen molar-refractivity contribution in [2.45, 2.75) is 57.5 Å². The Bertz CT molecular complexity index is 544. The number of amides is 4. The number of piperidine rings is 1. The SMILES string of the molecule is CC1CNCCC1NC(=O)CN1C(=O)NC2(CCCCC2C)C1=O.Cl. The molecule has 142 valence electrons. The fourth-order valence-corrected chi connectivity index (χ4v) is 4.26. The van der Waals surface area contributed by atoms with Gasteiger partial charge in [0, 0.05) is 6.04 Å². The van der Waals surface area contributed by atoms with E-state index in [1.807, 2.05) is 6.92 Å². The number of nitrogens with one attached hydrogen (secondary N) is 3. The van der Waals surface area contributed by atoms with Crippen molar-refractivity contribution < 1.29 is 14.4 Å². The zero-order valence-electron chi connectivity index (χ0n) is 15.0. The third kappa shape index (κ3) is 3.77. The van der Waals surface area contributed by atoms with E-state index in [0.717, 1.165) is 43.7 Å². The van der Waals surface area contributed by atoms with Gasteiger partial charge < -0.3 is 16.0 Å². The number of nitrogens with zero attached hydrogens (tertiary/aromatic N) is 1. The highest BCUT2D eigenvalue weighted by Gasteiger charge is 2.55. The molecule has 8 heteroatoms. The van der Waals surface area contributed by atoms with Crippen LogP contribution in [0.3, 0.4) is 0 Å². The molecule has 0 aromatic carbocycles. The van der Waals surface area contributed by atoms with Crippen molar-refractivity contribution in [1.82, 2.24) is 20.9 Å². The Kier molecular flexibility index (Phi) is 6.32. The second-order valence-corrected chi connectivity index (χ2v) is 7.58. The summed E-state index contributed by atoms with van der Waals surface area (Å²) in [5.74, 6) is -0.0262. The van der Waals surface area contributed by atoms with Gasteiger partial charge in [-0.05, 0) is 44.2 Å². The Morgan fingerprint density at radius 1 is 1.28 bits per heavy atom. The van der Waals surface area contributed by atoms with Crippen LogP contribution in [-0.4, -0.2) is 54.0 Å². The van der Waals surface area contributed by atoms with E-state index in [0.29, 0.717) is 12.3 Å². The Morgan fingerprint density at radius 3 is 2.72 bits per heavy atom. The van der Waals surface area contributed by atoms with Crippen molar-refractivity contribution in [2.24, 2.45) is 11.8 Å². The van der Waals surface area contributed by atoms with Gasteiger partial charge >= 0.3 is 6.03 Å².